The van der Waals surface area contributed by atoms with Crippen LogP contribution in [0, 0.1) is 5.82 Å². The van der Waals surface area contributed by atoms with Gasteiger partial charge in [-0.25, -0.2) is 4.39 Å². The maximum atomic E-state index is 13.6. The minimum absolute atomic E-state index is 0.228. The average Bonchev–Trinajstić information content (AvgIpc) is 3.26. The van der Waals surface area contributed by atoms with Crippen LogP contribution in [0.1, 0.15) is 28.6 Å². The van der Waals surface area contributed by atoms with E-state index in [1.54, 1.807) is 12.1 Å². The van der Waals surface area contributed by atoms with Gasteiger partial charge in [-0.3, -0.25) is 4.90 Å². The highest BCUT2D eigenvalue weighted by atomic mass is 19.1. The fourth-order valence-corrected chi connectivity index (χ4v) is 3.94. The summed E-state index contributed by atoms with van der Waals surface area (Å²) in [6.07, 6.45) is 0.952. The van der Waals surface area contributed by atoms with E-state index in [9.17, 15) is 4.39 Å². The van der Waals surface area contributed by atoms with Crippen LogP contribution >= 0.6 is 0 Å². The summed E-state index contributed by atoms with van der Waals surface area (Å²) < 4.78 is 19.7. The standard InChI is InChI=1S/C24H20FN3O/c25-21-12-10-18(11-13-21)22(28-15-14-17-6-4-5-9-20(17)16-28)24-27-26-23(29-24)19-7-2-1-3-8-19/h1-13,22H,14-16H2/t22-/m0/s1. The Bertz CT molecular complexity index is 1110. The maximum Gasteiger partial charge on any atom is 0.247 e. The highest BCUT2D eigenvalue weighted by Gasteiger charge is 2.30. The Morgan fingerprint density at radius 3 is 2.34 bits per heavy atom. The summed E-state index contributed by atoms with van der Waals surface area (Å²) in [5.74, 6) is 0.756. The Kier molecular flexibility index (Phi) is 4.66. The second-order valence-electron chi connectivity index (χ2n) is 7.25. The second-order valence-corrected chi connectivity index (χ2v) is 7.25. The first-order valence-corrected chi connectivity index (χ1v) is 9.73. The molecule has 0 saturated heterocycles. The molecule has 0 saturated carbocycles. The van der Waals surface area contributed by atoms with Crippen molar-refractivity contribution in [2.45, 2.75) is 19.0 Å². The minimum atomic E-state index is -0.257. The van der Waals surface area contributed by atoms with Gasteiger partial charge >= 0.3 is 0 Å². The number of halogens is 1. The van der Waals surface area contributed by atoms with Gasteiger partial charge in [0.05, 0.1) is 0 Å². The number of benzene rings is 3. The zero-order valence-electron chi connectivity index (χ0n) is 15.8. The number of rotatable bonds is 4. The average molecular weight is 385 g/mol. The predicted molar refractivity (Wildman–Crippen MR) is 109 cm³/mol. The van der Waals surface area contributed by atoms with Crippen molar-refractivity contribution in [2.75, 3.05) is 6.54 Å². The van der Waals surface area contributed by atoms with Crippen LogP contribution in [-0.4, -0.2) is 21.6 Å². The van der Waals surface area contributed by atoms with Crippen molar-refractivity contribution in [1.82, 2.24) is 15.1 Å². The summed E-state index contributed by atoms with van der Waals surface area (Å²) >= 11 is 0. The van der Waals surface area contributed by atoms with E-state index in [1.165, 1.54) is 23.3 Å². The first kappa shape index (κ1) is 17.8. The van der Waals surface area contributed by atoms with Gasteiger partial charge in [0.25, 0.3) is 0 Å². The first-order valence-electron chi connectivity index (χ1n) is 9.73. The minimum Gasteiger partial charge on any atom is -0.419 e. The molecule has 0 fully saturated rings. The Morgan fingerprint density at radius 1 is 0.828 bits per heavy atom. The van der Waals surface area contributed by atoms with E-state index >= 15 is 0 Å². The lowest BCUT2D eigenvalue weighted by atomic mass is 9.96. The molecule has 4 nitrogen and oxygen atoms in total. The van der Waals surface area contributed by atoms with E-state index < -0.39 is 0 Å². The Morgan fingerprint density at radius 2 is 1.55 bits per heavy atom. The molecule has 144 valence electrons. The van der Waals surface area contributed by atoms with Crippen molar-refractivity contribution < 1.29 is 8.81 Å². The van der Waals surface area contributed by atoms with Crippen LogP contribution in [0.15, 0.2) is 83.3 Å². The van der Waals surface area contributed by atoms with Gasteiger partial charge in [0, 0.05) is 18.7 Å². The fourth-order valence-electron chi connectivity index (χ4n) is 3.94. The molecule has 29 heavy (non-hydrogen) atoms. The van der Waals surface area contributed by atoms with E-state index in [2.05, 4.69) is 39.4 Å². The number of nitrogens with zero attached hydrogens (tertiary/aromatic N) is 3. The second kappa shape index (κ2) is 7.60. The number of fused-ring (bicyclic) bond motifs is 1. The van der Waals surface area contributed by atoms with Crippen molar-refractivity contribution in [2.24, 2.45) is 0 Å². The molecule has 3 aromatic carbocycles. The molecule has 0 amide bonds. The molecule has 0 spiro atoms. The molecule has 5 heteroatoms. The van der Waals surface area contributed by atoms with Crippen LogP contribution in [-0.2, 0) is 13.0 Å². The van der Waals surface area contributed by atoms with Crippen molar-refractivity contribution in [3.05, 3.63) is 107 Å². The lowest BCUT2D eigenvalue weighted by Crippen LogP contribution is -2.35. The molecule has 2 heterocycles. The van der Waals surface area contributed by atoms with Gasteiger partial charge in [-0.1, -0.05) is 54.6 Å². The summed E-state index contributed by atoms with van der Waals surface area (Å²) in [6.45, 7) is 1.64. The Hall–Kier alpha value is -3.31. The summed E-state index contributed by atoms with van der Waals surface area (Å²) in [7, 11) is 0. The van der Waals surface area contributed by atoms with Crippen molar-refractivity contribution in [3.8, 4) is 11.5 Å². The largest absolute Gasteiger partial charge is 0.419 e. The summed E-state index contributed by atoms with van der Waals surface area (Å²) in [5, 5.41) is 8.64. The number of hydrogen-bond donors (Lipinski definition) is 0. The molecule has 1 aromatic heterocycles. The van der Waals surface area contributed by atoms with Crippen LogP contribution < -0.4 is 0 Å². The van der Waals surface area contributed by atoms with Gasteiger partial charge < -0.3 is 4.42 Å². The molecule has 0 N–H and O–H groups in total. The zero-order valence-corrected chi connectivity index (χ0v) is 15.8. The molecule has 1 atom stereocenters. The highest BCUT2D eigenvalue weighted by molar-refractivity contribution is 5.52. The van der Waals surface area contributed by atoms with Gasteiger partial charge in [-0.2, -0.15) is 0 Å². The normalized spacial score (nSPS) is 15.1. The lowest BCUT2D eigenvalue weighted by Gasteiger charge is -2.34. The van der Waals surface area contributed by atoms with Crippen LogP contribution in [0.5, 0.6) is 0 Å². The van der Waals surface area contributed by atoms with Gasteiger partial charge in [0.1, 0.15) is 11.9 Å². The SMILES string of the molecule is Fc1ccc([C@@H](c2nnc(-c3ccccc3)o2)N2CCc3ccccc3C2)cc1. The summed E-state index contributed by atoms with van der Waals surface area (Å²) in [6, 6.07) is 24.5. The molecule has 1 aliphatic rings. The molecule has 0 bridgehead atoms. The van der Waals surface area contributed by atoms with Gasteiger partial charge in [-0.15, -0.1) is 10.2 Å². The van der Waals surface area contributed by atoms with Gasteiger partial charge in [-0.05, 0) is 47.4 Å². The molecule has 0 radical (unpaired) electrons. The van der Waals surface area contributed by atoms with Crippen molar-refractivity contribution >= 4 is 0 Å². The summed E-state index contributed by atoms with van der Waals surface area (Å²) in [4.78, 5) is 2.32. The maximum absolute atomic E-state index is 13.6. The van der Waals surface area contributed by atoms with Crippen molar-refractivity contribution in [1.29, 1.82) is 0 Å². The third kappa shape index (κ3) is 3.57. The fraction of sp³-hybridized carbons (Fsp3) is 0.167. The zero-order chi connectivity index (χ0) is 19.6. The first-order chi connectivity index (χ1) is 14.3. The van der Waals surface area contributed by atoms with E-state index in [4.69, 9.17) is 4.42 Å². The predicted octanol–water partition coefficient (Wildman–Crippen LogP) is 5.02. The smallest absolute Gasteiger partial charge is 0.247 e. The molecular weight excluding hydrogens is 365 g/mol. The van der Waals surface area contributed by atoms with E-state index in [-0.39, 0.29) is 11.9 Å². The Balaban J connectivity index is 1.53. The van der Waals surface area contributed by atoms with E-state index in [0.717, 1.165) is 30.6 Å². The van der Waals surface area contributed by atoms with Crippen LogP contribution in [0.4, 0.5) is 4.39 Å². The third-order valence-electron chi connectivity index (χ3n) is 5.41. The van der Waals surface area contributed by atoms with E-state index in [1.807, 2.05) is 30.3 Å². The molecule has 5 rings (SSSR count). The van der Waals surface area contributed by atoms with Gasteiger partial charge in [0.15, 0.2) is 0 Å². The van der Waals surface area contributed by atoms with Crippen LogP contribution in [0.2, 0.25) is 0 Å². The molecule has 1 aliphatic heterocycles. The molecular formula is C24H20FN3O. The summed E-state index contributed by atoms with van der Waals surface area (Å²) in [5.41, 5.74) is 4.49. The number of aromatic nitrogens is 2. The molecule has 0 unspecified atom stereocenters. The van der Waals surface area contributed by atoms with Gasteiger partial charge in [0.2, 0.25) is 11.8 Å². The van der Waals surface area contributed by atoms with Crippen LogP contribution in [0.25, 0.3) is 11.5 Å². The van der Waals surface area contributed by atoms with Crippen LogP contribution in [0.3, 0.4) is 0 Å². The highest BCUT2D eigenvalue weighted by Crippen LogP contribution is 2.33. The Labute approximate surface area is 168 Å². The lowest BCUT2D eigenvalue weighted by molar-refractivity contribution is 0.181. The quantitative estimate of drug-likeness (QED) is 0.494. The monoisotopic (exact) mass is 385 g/mol. The van der Waals surface area contributed by atoms with E-state index in [0.29, 0.717) is 11.8 Å². The number of hydrogen-bond acceptors (Lipinski definition) is 4. The molecule has 4 aromatic rings. The van der Waals surface area contributed by atoms with Crippen molar-refractivity contribution in [3.63, 3.8) is 0 Å². The topological polar surface area (TPSA) is 42.2 Å². The third-order valence-corrected chi connectivity index (χ3v) is 5.41. The molecule has 0 aliphatic carbocycles.